The number of hydrogen-bond acceptors (Lipinski definition) is 4. The van der Waals surface area contributed by atoms with Gasteiger partial charge in [0.25, 0.3) is 5.91 Å². The van der Waals surface area contributed by atoms with Gasteiger partial charge in [0.05, 0.1) is 0 Å². The largest absolute Gasteiger partial charge is 0.312 e. The lowest BCUT2D eigenvalue weighted by molar-refractivity contribution is -0.701. The van der Waals surface area contributed by atoms with Crippen LogP contribution >= 0.6 is 0 Å². The third-order valence-electron chi connectivity index (χ3n) is 3.06. The molecule has 0 saturated carbocycles. The van der Waals surface area contributed by atoms with Crippen molar-refractivity contribution in [2.24, 2.45) is 5.73 Å². The molecule has 0 spiro atoms. The van der Waals surface area contributed by atoms with Crippen LogP contribution in [0.4, 0.5) is 0 Å². The molecule has 98 valence electrons. The van der Waals surface area contributed by atoms with Crippen LogP contribution in [-0.4, -0.2) is 28.2 Å². The van der Waals surface area contributed by atoms with E-state index in [1.807, 2.05) is 18.2 Å². The number of imide groups is 1. The quantitative estimate of drug-likeness (QED) is 0.555. The molecule has 2 heterocycles. The zero-order chi connectivity index (χ0) is 14.0. The van der Waals surface area contributed by atoms with Crippen LogP contribution in [0.1, 0.15) is 13.3 Å². The van der Waals surface area contributed by atoms with Gasteiger partial charge in [-0.2, -0.15) is 0 Å². The zero-order valence-corrected chi connectivity index (χ0v) is 10.5. The fraction of sp³-hybridized carbons (Fsp3) is 0.308. The maximum Gasteiger partial charge on any atom is 0.261 e. The Morgan fingerprint density at radius 2 is 2.11 bits per heavy atom. The zero-order valence-electron chi connectivity index (χ0n) is 10.5. The molecule has 1 aromatic rings. The topological polar surface area (TPSA) is 84.3 Å². The average molecular weight is 260 g/mol. The van der Waals surface area contributed by atoms with Crippen LogP contribution in [0, 0.1) is 0 Å². The first-order chi connectivity index (χ1) is 8.98. The predicted molar refractivity (Wildman–Crippen MR) is 64.9 cm³/mol. The monoisotopic (exact) mass is 260 g/mol. The first-order valence-corrected chi connectivity index (χ1v) is 5.80. The van der Waals surface area contributed by atoms with Gasteiger partial charge in [0.15, 0.2) is 24.5 Å². The summed E-state index contributed by atoms with van der Waals surface area (Å²) in [7, 11) is 0. The highest BCUT2D eigenvalue weighted by molar-refractivity contribution is 6.05. The molecule has 2 rings (SSSR count). The Labute approximate surface area is 110 Å². The fourth-order valence-electron chi connectivity index (χ4n) is 2.20. The van der Waals surface area contributed by atoms with Crippen LogP contribution in [0.15, 0.2) is 36.3 Å². The highest BCUT2D eigenvalue weighted by Gasteiger charge is 2.51. The summed E-state index contributed by atoms with van der Waals surface area (Å²) < 4.78 is 1.74. The van der Waals surface area contributed by atoms with Crippen molar-refractivity contribution in [1.82, 2.24) is 4.90 Å². The molecule has 1 unspecified atom stereocenters. The molecule has 1 aliphatic rings. The lowest BCUT2D eigenvalue weighted by Gasteiger charge is -2.17. The Hall–Kier alpha value is -2.30. The van der Waals surface area contributed by atoms with Crippen LogP contribution in [0.2, 0.25) is 0 Å². The molecule has 0 radical (unpaired) electrons. The molecule has 6 heteroatoms. The Kier molecular flexibility index (Phi) is 3.29. The van der Waals surface area contributed by atoms with Gasteiger partial charge in [-0.05, 0) is 0 Å². The third kappa shape index (κ3) is 2.31. The van der Waals surface area contributed by atoms with E-state index < -0.39 is 17.4 Å². The fourth-order valence-corrected chi connectivity index (χ4v) is 2.20. The molecule has 1 saturated heterocycles. The lowest BCUT2D eigenvalue weighted by atomic mass is 9.98. The van der Waals surface area contributed by atoms with E-state index in [-0.39, 0.29) is 18.7 Å². The average Bonchev–Trinajstić information content (AvgIpc) is 2.62. The van der Waals surface area contributed by atoms with Gasteiger partial charge in [-0.1, -0.05) is 6.07 Å². The molecule has 19 heavy (non-hydrogen) atoms. The van der Waals surface area contributed by atoms with Crippen LogP contribution in [-0.2, 0) is 20.9 Å². The summed E-state index contributed by atoms with van der Waals surface area (Å²) in [4.78, 5) is 35.3. The number of amides is 2. The summed E-state index contributed by atoms with van der Waals surface area (Å²) in [6.07, 6.45) is 3.54. The van der Waals surface area contributed by atoms with E-state index in [0.717, 1.165) is 4.90 Å². The number of nitrogens with two attached hydrogens (primary N) is 1. The van der Waals surface area contributed by atoms with Crippen molar-refractivity contribution in [3.05, 3.63) is 36.3 Å². The summed E-state index contributed by atoms with van der Waals surface area (Å²) in [6, 6.07) is 5.46. The molecule has 1 aliphatic heterocycles. The summed E-state index contributed by atoms with van der Waals surface area (Å²) in [5.41, 5.74) is 4.77. The molecule has 6 nitrogen and oxygen atoms in total. The number of nitrogens with zero attached hydrogens (tertiary/aromatic N) is 2. The number of pyridine rings is 1. The van der Waals surface area contributed by atoms with Crippen molar-refractivity contribution in [3.8, 4) is 0 Å². The number of hydrogen-bond donors (Lipinski definition) is 1. The minimum atomic E-state index is -1.29. The Bertz CT molecular complexity index is 578. The normalized spacial score (nSPS) is 22.5. The molecule has 1 atom stereocenters. The lowest BCUT2D eigenvalue weighted by Crippen LogP contribution is -2.58. The van der Waals surface area contributed by atoms with Crippen molar-refractivity contribution in [2.75, 3.05) is 0 Å². The molecule has 1 aromatic heterocycles. The molecular formula is C13H14N3O3+. The summed E-state index contributed by atoms with van der Waals surface area (Å²) in [5, 5.41) is 0. The minimum Gasteiger partial charge on any atom is -0.312 e. The van der Waals surface area contributed by atoms with E-state index in [0.29, 0.717) is 0 Å². The summed E-state index contributed by atoms with van der Waals surface area (Å²) in [6.45, 7) is 1.41. The van der Waals surface area contributed by atoms with Crippen LogP contribution in [0.5, 0.6) is 0 Å². The summed E-state index contributed by atoms with van der Waals surface area (Å²) in [5.74, 6) is 0.548. The van der Waals surface area contributed by atoms with E-state index >= 15 is 0 Å². The van der Waals surface area contributed by atoms with E-state index in [4.69, 9.17) is 5.73 Å². The number of carbonyl (C=O) groups excluding carboxylic acids is 3. The number of carbonyl (C=O) groups is 2. The molecule has 0 bridgehead atoms. The van der Waals surface area contributed by atoms with Gasteiger partial charge < -0.3 is 5.73 Å². The van der Waals surface area contributed by atoms with E-state index in [9.17, 15) is 14.4 Å². The first kappa shape index (κ1) is 13.1. The van der Waals surface area contributed by atoms with Gasteiger partial charge in [0.1, 0.15) is 11.6 Å². The van der Waals surface area contributed by atoms with Crippen LogP contribution < -0.4 is 10.3 Å². The Morgan fingerprint density at radius 1 is 1.47 bits per heavy atom. The minimum absolute atomic E-state index is 0.00321. The van der Waals surface area contributed by atoms with E-state index in [1.165, 1.54) is 6.92 Å². The molecule has 1 fully saturated rings. The standard InChI is InChI=1S/C13H14N3O3/c1-10(18)16-11(8-17)7-13(14,12(16)19)9-15-5-3-2-4-6-15/h2-6H,7,9,14H2,1H3/q+1. The molecular weight excluding hydrogens is 246 g/mol. The van der Waals surface area contributed by atoms with Crippen molar-refractivity contribution in [3.63, 3.8) is 0 Å². The molecule has 0 aromatic carbocycles. The summed E-state index contributed by atoms with van der Waals surface area (Å²) >= 11 is 0. The predicted octanol–water partition coefficient (Wildman–Crippen LogP) is -0.834. The second kappa shape index (κ2) is 4.76. The SMILES string of the molecule is CC(=O)N1C(=O)C(N)(C[n+]2ccccc2)CC1=C=O. The second-order valence-electron chi connectivity index (χ2n) is 4.59. The van der Waals surface area contributed by atoms with Crippen LogP contribution in [0.3, 0.4) is 0 Å². The van der Waals surface area contributed by atoms with E-state index in [2.05, 4.69) is 0 Å². The van der Waals surface area contributed by atoms with Crippen molar-refractivity contribution < 1.29 is 19.0 Å². The van der Waals surface area contributed by atoms with Gasteiger partial charge in [-0.15, -0.1) is 0 Å². The maximum absolute atomic E-state index is 12.2. The van der Waals surface area contributed by atoms with Crippen molar-refractivity contribution >= 4 is 17.8 Å². The van der Waals surface area contributed by atoms with Gasteiger partial charge >= 0.3 is 0 Å². The second-order valence-corrected chi connectivity index (χ2v) is 4.59. The van der Waals surface area contributed by atoms with Gasteiger partial charge in [0, 0.05) is 25.5 Å². The first-order valence-electron chi connectivity index (χ1n) is 5.80. The Morgan fingerprint density at radius 3 is 2.58 bits per heavy atom. The Balaban J connectivity index is 2.33. The smallest absolute Gasteiger partial charge is 0.261 e. The van der Waals surface area contributed by atoms with Gasteiger partial charge in [-0.25, -0.2) is 14.3 Å². The van der Waals surface area contributed by atoms with Crippen molar-refractivity contribution in [2.45, 2.75) is 25.4 Å². The number of aromatic nitrogens is 1. The number of likely N-dealkylation sites (tertiary alicyclic amines) is 1. The highest BCUT2D eigenvalue weighted by atomic mass is 16.2. The third-order valence-corrected chi connectivity index (χ3v) is 3.06. The molecule has 2 amide bonds. The van der Waals surface area contributed by atoms with Gasteiger partial charge in [0.2, 0.25) is 5.91 Å². The van der Waals surface area contributed by atoms with Gasteiger partial charge in [-0.3, -0.25) is 9.59 Å². The maximum atomic E-state index is 12.2. The van der Waals surface area contributed by atoms with Crippen molar-refractivity contribution in [1.29, 1.82) is 0 Å². The molecule has 2 N–H and O–H groups in total. The highest BCUT2D eigenvalue weighted by Crippen LogP contribution is 2.28. The van der Waals surface area contributed by atoms with E-state index in [1.54, 1.807) is 22.9 Å². The number of rotatable bonds is 2. The van der Waals surface area contributed by atoms with Crippen LogP contribution in [0.25, 0.3) is 0 Å². The molecule has 0 aliphatic carbocycles.